The first-order chi connectivity index (χ1) is 8.27. The van der Waals surface area contributed by atoms with Crippen LogP contribution in [0.3, 0.4) is 0 Å². The van der Waals surface area contributed by atoms with E-state index in [9.17, 15) is 4.79 Å². The molecule has 0 aliphatic rings. The predicted molar refractivity (Wildman–Crippen MR) is 64.4 cm³/mol. The van der Waals surface area contributed by atoms with Crippen LogP contribution in [0, 0.1) is 6.92 Å². The smallest absolute Gasteiger partial charge is 0.251 e. The van der Waals surface area contributed by atoms with Gasteiger partial charge in [-0.2, -0.15) is 10.2 Å². The second-order valence-electron chi connectivity index (χ2n) is 3.71. The lowest BCUT2D eigenvalue weighted by Crippen LogP contribution is -2.24. The van der Waals surface area contributed by atoms with Gasteiger partial charge in [0.15, 0.2) is 0 Å². The van der Waals surface area contributed by atoms with Gasteiger partial charge < -0.3 is 5.32 Å². The molecule has 17 heavy (non-hydrogen) atoms. The van der Waals surface area contributed by atoms with Crippen molar-refractivity contribution < 1.29 is 4.79 Å². The van der Waals surface area contributed by atoms with Gasteiger partial charge in [-0.05, 0) is 30.7 Å². The van der Waals surface area contributed by atoms with E-state index in [0.29, 0.717) is 12.1 Å². The number of amides is 1. The number of benzene rings is 1. The third-order valence-corrected chi connectivity index (χ3v) is 2.45. The highest BCUT2D eigenvalue weighted by molar-refractivity contribution is 5.95. The number of rotatable bonds is 3. The Hall–Kier alpha value is -2.23. The summed E-state index contributed by atoms with van der Waals surface area (Å²) in [6.07, 6.45) is 1.60. The number of carbonyl (C=O) groups is 1. The van der Waals surface area contributed by atoms with Gasteiger partial charge in [0, 0.05) is 11.8 Å². The number of nitrogens with zero attached hydrogens (tertiary/aromatic N) is 2. The van der Waals surface area contributed by atoms with Crippen molar-refractivity contribution in [3.63, 3.8) is 0 Å². The molecule has 86 valence electrons. The molecule has 0 aliphatic carbocycles. The molecule has 4 nitrogen and oxygen atoms in total. The fraction of sp³-hybridized carbons (Fsp3) is 0.154. The zero-order chi connectivity index (χ0) is 12.1. The van der Waals surface area contributed by atoms with Crippen LogP contribution in [0.25, 0.3) is 0 Å². The topological polar surface area (TPSA) is 54.9 Å². The summed E-state index contributed by atoms with van der Waals surface area (Å²) in [5.41, 5.74) is 2.40. The van der Waals surface area contributed by atoms with E-state index in [4.69, 9.17) is 0 Å². The molecule has 1 aromatic heterocycles. The van der Waals surface area contributed by atoms with E-state index in [2.05, 4.69) is 15.5 Å². The Labute approximate surface area is 99.7 Å². The van der Waals surface area contributed by atoms with Crippen LogP contribution in [-0.4, -0.2) is 16.1 Å². The maximum Gasteiger partial charge on any atom is 0.251 e. The summed E-state index contributed by atoms with van der Waals surface area (Å²) in [5.74, 6) is -0.0891. The van der Waals surface area contributed by atoms with Gasteiger partial charge in [0.1, 0.15) is 0 Å². The highest BCUT2D eigenvalue weighted by atomic mass is 16.1. The Morgan fingerprint density at radius 1 is 1.24 bits per heavy atom. The van der Waals surface area contributed by atoms with Crippen molar-refractivity contribution in [1.82, 2.24) is 15.5 Å². The summed E-state index contributed by atoms with van der Waals surface area (Å²) < 4.78 is 0. The highest BCUT2D eigenvalue weighted by Crippen LogP contribution is 2.06. The molecule has 0 spiro atoms. The first-order valence-electron chi connectivity index (χ1n) is 5.38. The van der Waals surface area contributed by atoms with Gasteiger partial charge in [0.2, 0.25) is 0 Å². The van der Waals surface area contributed by atoms with Gasteiger partial charge in [-0.25, -0.2) is 0 Å². The minimum absolute atomic E-state index is 0.0891. The van der Waals surface area contributed by atoms with Crippen LogP contribution in [0.1, 0.15) is 21.6 Å². The number of hydrogen-bond donors (Lipinski definition) is 1. The van der Waals surface area contributed by atoms with Crippen molar-refractivity contribution in [3.8, 4) is 0 Å². The van der Waals surface area contributed by atoms with Crippen LogP contribution < -0.4 is 5.32 Å². The van der Waals surface area contributed by atoms with E-state index in [0.717, 1.165) is 11.3 Å². The summed E-state index contributed by atoms with van der Waals surface area (Å²) >= 11 is 0. The standard InChI is InChI=1S/C13H13N3O/c1-10-5-2-3-7-12(10)13(17)14-9-11-6-4-8-15-16-11/h2-8H,9H2,1H3,(H,14,17). The molecular formula is C13H13N3O. The third-order valence-electron chi connectivity index (χ3n) is 2.45. The molecular weight excluding hydrogens is 214 g/mol. The fourth-order valence-electron chi connectivity index (χ4n) is 1.52. The van der Waals surface area contributed by atoms with E-state index in [1.54, 1.807) is 18.3 Å². The molecule has 1 amide bonds. The molecule has 1 heterocycles. The van der Waals surface area contributed by atoms with Gasteiger partial charge in [0.05, 0.1) is 12.2 Å². The van der Waals surface area contributed by atoms with E-state index in [-0.39, 0.29) is 5.91 Å². The molecule has 0 bridgehead atoms. The average Bonchev–Trinajstić information content (AvgIpc) is 2.38. The normalized spacial score (nSPS) is 9.94. The van der Waals surface area contributed by atoms with Gasteiger partial charge in [-0.15, -0.1) is 0 Å². The Morgan fingerprint density at radius 3 is 2.76 bits per heavy atom. The average molecular weight is 227 g/mol. The molecule has 1 N–H and O–H groups in total. The maximum absolute atomic E-state index is 11.9. The molecule has 0 radical (unpaired) electrons. The van der Waals surface area contributed by atoms with Crippen molar-refractivity contribution in [2.45, 2.75) is 13.5 Å². The quantitative estimate of drug-likeness (QED) is 0.868. The molecule has 0 atom stereocenters. The van der Waals surface area contributed by atoms with Crippen LogP contribution in [0.2, 0.25) is 0 Å². The monoisotopic (exact) mass is 227 g/mol. The third kappa shape index (κ3) is 2.87. The zero-order valence-corrected chi connectivity index (χ0v) is 9.55. The molecule has 0 aliphatic heterocycles. The first-order valence-corrected chi connectivity index (χ1v) is 5.38. The molecule has 0 unspecified atom stereocenters. The van der Waals surface area contributed by atoms with Crippen LogP contribution in [0.5, 0.6) is 0 Å². The maximum atomic E-state index is 11.9. The number of aryl methyl sites for hydroxylation is 1. The van der Waals surface area contributed by atoms with E-state index >= 15 is 0 Å². The Kier molecular flexibility index (Phi) is 3.45. The van der Waals surface area contributed by atoms with Crippen LogP contribution in [-0.2, 0) is 6.54 Å². The lowest BCUT2D eigenvalue weighted by atomic mass is 10.1. The second-order valence-corrected chi connectivity index (χ2v) is 3.71. The Morgan fingerprint density at radius 2 is 2.06 bits per heavy atom. The lowest BCUT2D eigenvalue weighted by Gasteiger charge is -2.06. The highest BCUT2D eigenvalue weighted by Gasteiger charge is 2.07. The molecule has 4 heteroatoms. The summed E-state index contributed by atoms with van der Waals surface area (Å²) in [6, 6.07) is 11.1. The van der Waals surface area contributed by atoms with Crippen LogP contribution in [0.4, 0.5) is 0 Å². The predicted octanol–water partition coefficient (Wildman–Crippen LogP) is 1.72. The number of carbonyl (C=O) groups excluding carboxylic acids is 1. The van der Waals surface area contributed by atoms with Crippen molar-refractivity contribution in [2.75, 3.05) is 0 Å². The van der Waals surface area contributed by atoms with Crippen molar-refractivity contribution >= 4 is 5.91 Å². The summed E-state index contributed by atoms with van der Waals surface area (Å²) in [4.78, 5) is 11.9. The summed E-state index contributed by atoms with van der Waals surface area (Å²) in [6.45, 7) is 2.30. The Bertz CT molecular complexity index is 511. The van der Waals surface area contributed by atoms with Gasteiger partial charge in [-0.3, -0.25) is 4.79 Å². The molecule has 2 rings (SSSR count). The summed E-state index contributed by atoms with van der Waals surface area (Å²) in [7, 11) is 0. The minimum atomic E-state index is -0.0891. The van der Waals surface area contributed by atoms with Gasteiger partial charge >= 0.3 is 0 Å². The van der Waals surface area contributed by atoms with Crippen molar-refractivity contribution in [2.24, 2.45) is 0 Å². The van der Waals surface area contributed by atoms with Crippen molar-refractivity contribution in [3.05, 3.63) is 59.4 Å². The number of aromatic nitrogens is 2. The van der Waals surface area contributed by atoms with E-state index in [1.165, 1.54) is 0 Å². The van der Waals surface area contributed by atoms with Gasteiger partial charge in [-0.1, -0.05) is 18.2 Å². The minimum Gasteiger partial charge on any atom is -0.346 e. The second kappa shape index (κ2) is 5.21. The zero-order valence-electron chi connectivity index (χ0n) is 9.55. The fourth-order valence-corrected chi connectivity index (χ4v) is 1.52. The largest absolute Gasteiger partial charge is 0.346 e. The van der Waals surface area contributed by atoms with Crippen LogP contribution in [0.15, 0.2) is 42.6 Å². The summed E-state index contributed by atoms with van der Waals surface area (Å²) in [5, 5.41) is 10.5. The molecule has 0 saturated carbocycles. The van der Waals surface area contributed by atoms with Crippen LogP contribution >= 0.6 is 0 Å². The molecule has 0 fully saturated rings. The number of nitrogens with one attached hydrogen (secondary N) is 1. The lowest BCUT2D eigenvalue weighted by molar-refractivity contribution is 0.0949. The van der Waals surface area contributed by atoms with Crippen molar-refractivity contribution in [1.29, 1.82) is 0 Å². The number of hydrogen-bond acceptors (Lipinski definition) is 3. The molecule has 0 saturated heterocycles. The molecule has 1 aromatic carbocycles. The SMILES string of the molecule is Cc1ccccc1C(=O)NCc1cccnn1. The first kappa shape index (κ1) is 11.3. The molecule has 2 aromatic rings. The van der Waals surface area contributed by atoms with E-state index in [1.807, 2.05) is 31.2 Å². The van der Waals surface area contributed by atoms with E-state index < -0.39 is 0 Å². The Balaban J connectivity index is 2.01. The van der Waals surface area contributed by atoms with Gasteiger partial charge in [0.25, 0.3) is 5.91 Å².